The highest BCUT2D eigenvalue weighted by Crippen LogP contribution is 2.24. The molecule has 0 atom stereocenters. The molecular formula is C15H14ClN3O. The molecule has 5 heteroatoms. The first-order chi connectivity index (χ1) is 9.61. The fourth-order valence-electron chi connectivity index (χ4n) is 2.40. The third-order valence-corrected chi connectivity index (χ3v) is 3.73. The summed E-state index contributed by atoms with van der Waals surface area (Å²) in [5, 5.41) is 5.12. The van der Waals surface area contributed by atoms with E-state index in [0.29, 0.717) is 10.6 Å². The Morgan fingerprint density at radius 3 is 2.65 bits per heavy atom. The first kappa shape index (κ1) is 12.9. The van der Waals surface area contributed by atoms with E-state index >= 15 is 0 Å². The Morgan fingerprint density at radius 1 is 1.30 bits per heavy atom. The van der Waals surface area contributed by atoms with Crippen LogP contribution in [0, 0.1) is 6.92 Å². The molecule has 2 heterocycles. The molecule has 2 aliphatic heterocycles. The highest BCUT2D eigenvalue weighted by Gasteiger charge is 2.20. The van der Waals surface area contributed by atoms with Crippen LogP contribution in [0.5, 0.6) is 0 Å². The number of hydrogen-bond donors (Lipinski definition) is 1. The Balaban J connectivity index is 2.28. The average Bonchev–Trinajstić information content (AvgIpc) is 2.77. The van der Waals surface area contributed by atoms with E-state index in [4.69, 9.17) is 11.6 Å². The van der Waals surface area contributed by atoms with Crippen LogP contribution in [0.2, 0.25) is 5.02 Å². The van der Waals surface area contributed by atoms with Crippen LogP contribution in [-0.4, -0.2) is 14.8 Å². The second kappa shape index (κ2) is 4.80. The van der Waals surface area contributed by atoms with Gasteiger partial charge in [0.05, 0.1) is 11.3 Å². The van der Waals surface area contributed by atoms with E-state index in [0.717, 1.165) is 29.1 Å². The van der Waals surface area contributed by atoms with Gasteiger partial charge >= 0.3 is 0 Å². The van der Waals surface area contributed by atoms with Crippen LogP contribution < -0.4 is 5.56 Å². The largest absolute Gasteiger partial charge is 0.364 e. The SMILES string of the molecule is CCc1c2nn(-c3ccc(Cl)cc3)c(=O)c-2c[nH]c1C. The number of rotatable bonds is 2. The van der Waals surface area contributed by atoms with Crippen LogP contribution in [0.1, 0.15) is 18.2 Å². The van der Waals surface area contributed by atoms with Crippen molar-refractivity contribution in [1.82, 2.24) is 14.8 Å². The van der Waals surface area contributed by atoms with Gasteiger partial charge in [-0.15, -0.1) is 0 Å². The molecule has 0 bridgehead atoms. The molecule has 1 aromatic carbocycles. The fourth-order valence-corrected chi connectivity index (χ4v) is 2.53. The van der Waals surface area contributed by atoms with E-state index in [9.17, 15) is 4.79 Å². The van der Waals surface area contributed by atoms with Crippen LogP contribution in [0.15, 0.2) is 35.3 Å². The number of nitrogens with zero attached hydrogens (tertiary/aromatic N) is 2. The van der Waals surface area contributed by atoms with Gasteiger partial charge in [0.15, 0.2) is 0 Å². The van der Waals surface area contributed by atoms with Gasteiger partial charge in [-0.05, 0) is 43.2 Å². The lowest BCUT2D eigenvalue weighted by Gasteiger charge is -2.06. The van der Waals surface area contributed by atoms with Crippen molar-refractivity contribution in [2.45, 2.75) is 20.3 Å². The summed E-state index contributed by atoms with van der Waals surface area (Å²) in [5.74, 6) is 0. The molecule has 0 aliphatic carbocycles. The third kappa shape index (κ3) is 1.93. The summed E-state index contributed by atoms with van der Waals surface area (Å²) >= 11 is 5.87. The first-order valence-electron chi connectivity index (χ1n) is 6.47. The molecule has 0 aromatic heterocycles. The summed E-state index contributed by atoms with van der Waals surface area (Å²) in [6.45, 7) is 4.05. The molecule has 0 saturated carbocycles. The summed E-state index contributed by atoms with van der Waals surface area (Å²) in [5.41, 5.74) is 4.10. The zero-order valence-electron chi connectivity index (χ0n) is 11.3. The Hall–Kier alpha value is -2.07. The van der Waals surface area contributed by atoms with E-state index in [2.05, 4.69) is 17.0 Å². The Bertz CT molecular complexity index is 786. The predicted molar refractivity (Wildman–Crippen MR) is 79.9 cm³/mol. The van der Waals surface area contributed by atoms with Crippen molar-refractivity contribution in [3.8, 4) is 16.9 Å². The molecule has 0 radical (unpaired) electrons. The first-order valence-corrected chi connectivity index (χ1v) is 6.85. The van der Waals surface area contributed by atoms with Crippen LogP contribution in [0.3, 0.4) is 0 Å². The quantitative estimate of drug-likeness (QED) is 0.787. The summed E-state index contributed by atoms with van der Waals surface area (Å²) in [4.78, 5) is 15.6. The van der Waals surface area contributed by atoms with Gasteiger partial charge in [0.2, 0.25) is 0 Å². The van der Waals surface area contributed by atoms with E-state index < -0.39 is 0 Å². The second-order valence-electron chi connectivity index (χ2n) is 4.70. The van der Waals surface area contributed by atoms with Gasteiger partial charge in [0.1, 0.15) is 5.69 Å². The molecular weight excluding hydrogens is 274 g/mol. The van der Waals surface area contributed by atoms with Crippen molar-refractivity contribution < 1.29 is 0 Å². The number of aromatic nitrogens is 3. The number of hydrogen-bond acceptors (Lipinski definition) is 2. The summed E-state index contributed by atoms with van der Waals surface area (Å²) in [6.07, 6.45) is 2.56. The highest BCUT2D eigenvalue weighted by atomic mass is 35.5. The lowest BCUT2D eigenvalue weighted by molar-refractivity contribution is 0.853. The lowest BCUT2D eigenvalue weighted by Crippen LogP contribution is -2.14. The third-order valence-electron chi connectivity index (χ3n) is 3.47. The molecule has 1 aromatic rings. The molecule has 2 aliphatic rings. The summed E-state index contributed by atoms with van der Waals surface area (Å²) < 4.78 is 1.42. The van der Waals surface area contributed by atoms with Crippen LogP contribution in [0.4, 0.5) is 0 Å². The zero-order valence-corrected chi connectivity index (χ0v) is 12.0. The molecule has 0 amide bonds. The van der Waals surface area contributed by atoms with Crippen molar-refractivity contribution in [2.75, 3.05) is 0 Å². The minimum Gasteiger partial charge on any atom is -0.364 e. The molecule has 20 heavy (non-hydrogen) atoms. The predicted octanol–water partition coefficient (Wildman–Crippen LogP) is 3.19. The van der Waals surface area contributed by atoms with Crippen LogP contribution in [0.25, 0.3) is 16.9 Å². The number of halogens is 1. The van der Waals surface area contributed by atoms with Gasteiger partial charge in [-0.25, -0.2) is 0 Å². The average molecular weight is 288 g/mol. The minimum atomic E-state index is -0.117. The maximum atomic E-state index is 12.4. The van der Waals surface area contributed by atoms with Gasteiger partial charge in [-0.2, -0.15) is 9.78 Å². The number of H-pyrrole nitrogens is 1. The standard InChI is InChI=1S/C15H14ClN3O/c1-3-12-9(2)17-8-13-14(12)18-19(15(13)20)11-6-4-10(16)5-7-11/h4-8,17H,3H2,1-2H3. The smallest absolute Gasteiger partial charge is 0.282 e. The lowest BCUT2D eigenvalue weighted by atomic mass is 10.0. The van der Waals surface area contributed by atoms with Crippen molar-refractivity contribution in [3.05, 3.63) is 57.1 Å². The highest BCUT2D eigenvalue weighted by molar-refractivity contribution is 6.30. The molecule has 0 fully saturated rings. The number of aromatic amines is 1. The molecule has 0 unspecified atom stereocenters. The van der Waals surface area contributed by atoms with E-state index in [1.807, 2.05) is 6.92 Å². The molecule has 4 nitrogen and oxygen atoms in total. The monoisotopic (exact) mass is 287 g/mol. The number of aryl methyl sites for hydroxylation is 1. The van der Waals surface area contributed by atoms with E-state index in [1.165, 1.54) is 4.68 Å². The van der Waals surface area contributed by atoms with Gasteiger partial charge in [-0.1, -0.05) is 18.5 Å². The van der Waals surface area contributed by atoms with Crippen molar-refractivity contribution in [1.29, 1.82) is 0 Å². The van der Waals surface area contributed by atoms with Gasteiger partial charge < -0.3 is 4.98 Å². The fraction of sp³-hybridized carbons (Fsp3) is 0.200. The van der Waals surface area contributed by atoms with Crippen molar-refractivity contribution in [2.24, 2.45) is 0 Å². The van der Waals surface area contributed by atoms with Gasteiger partial charge in [0.25, 0.3) is 5.56 Å². The Morgan fingerprint density at radius 2 is 2.00 bits per heavy atom. The zero-order chi connectivity index (χ0) is 14.3. The van der Waals surface area contributed by atoms with Gasteiger partial charge in [0, 0.05) is 16.9 Å². The van der Waals surface area contributed by atoms with Crippen LogP contribution in [-0.2, 0) is 6.42 Å². The van der Waals surface area contributed by atoms with E-state index in [-0.39, 0.29) is 5.56 Å². The molecule has 1 N–H and O–H groups in total. The Kier molecular flexibility index (Phi) is 3.10. The van der Waals surface area contributed by atoms with Crippen molar-refractivity contribution in [3.63, 3.8) is 0 Å². The number of benzene rings is 1. The van der Waals surface area contributed by atoms with Gasteiger partial charge in [-0.3, -0.25) is 4.79 Å². The van der Waals surface area contributed by atoms with Crippen LogP contribution >= 0.6 is 11.6 Å². The maximum Gasteiger partial charge on any atom is 0.282 e. The molecule has 3 rings (SSSR count). The maximum absolute atomic E-state index is 12.4. The number of nitrogens with one attached hydrogen (secondary N) is 1. The molecule has 0 saturated heterocycles. The Labute approximate surface area is 121 Å². The van der Waals surface area contributed by atoms with Crippen molar-refractivity contribution >= 4 is 11.6 Å². The normalized spacial score (nSPS) is 11.2. The van der Waals surface area contributed by atoms with E-state index in [1.54, 1.807) is 30.5 Å². The minimum absolute atomic E-state index is 0.117. The summed E-state index contributed by atoms with van der Waals surface area (Å²) in [6, 6.07) is 7.08. The molecule has 102 valence electrons. The summed E-state index contributed by atoms with van der Waals surface area (Å²) in [7, 11) is 0. The molecule has 0 spiro atoms. The topological polar surface area (TPSA) is 50.7 Å². The number of fused-ring (bicyclic) bond motifs is 1. The number of pyridine rings is 1. The second-order valence-corrected chi connectivity index (χ2v) is 5.14.